The van der Waals surface area contributed by atoms with Gasteiger partial charge in [-0.05, 0) is 40.5 Å². The molecule has 0 saturated heterocycles. The third-order valence-electron chi connectivity index (χ3n) is 3.19. The first-order valence-electron chi connectivity index (χ1n) is 6.05. The highest BCUT2D eigenvalue weighted by molar-refractivity contribution is 5.83. The molecule has 1 aliphatic heterocycles. The summed E-state index contributed by atoms with van der Waals surface area (Å²) in [6, 6.07) is 0. The van der Waals surface area contributed by atoms with Crippen molar-refractivity contribution < 1.29 is 0 Å². The van der Waals surface area contributed by atoms with E-state index >= 15 is 0 Å². The van der Waals surface area contributed by atoms with Crippen LogP contribution in [0.4, 0.5) is 5.95 Å². The van der Waals surface area contributed by atoms with Crippen molar-refractivity contribution in [2.45, 2.75) is 46.1 Å². The molecule has 92 valence electrons. The van der Waals surface area contributed by atoms with E-state index < -0.39 is 0 Å². The maximum absolute atomic E-state index is 4.78. The van der Waals surface area contributed by atoms with Crippen molar-refractivity contribution in [2.24, 2.45) is 4.99 Å². The third kappa shape index (κ3) is 2.16. The van der Waals surface area contributed by atoms with Crippen LogP contribution in [0.2, 0.25) is 0 Å². The van der Waals surface area contributed by atoms with Gasteiger partial charge in [0.05, 0.1) is 11.2 Å². The zero-order valence-electron chi connectivity index (χ0n) is 11.3. The van der Waals surface area contributed by atoms with Crippen LogP contribution in [0.1, 0.15) is 44.1 Å². The fraction of sp³-hybridized carbons (Fsp3) is 0.615. The predicted molar refractivity (Wildman–Crippen MR) is 70.8 cm³/mol. The first-order chi connectivity index (χ1) is 7.94. The lowest BCUT2D eigenvalue weighted by atomic mass is 9.91. The average Bonchev–Trinajstić information content (AvgIpc) is 2.34. The summed E-state index contributed by atoms with van der Waals surface area (Å²) in [6.07, 6.45) is 1.93. The van der Waals surface area contributed by atoms with Crippen molar-refractivity contribution in [3.05, 3.63) is 17.0 Å². The normalized spacial score (nSPS) is 18.1. The van der Waals surface area contributed by atoms with Crippen molar-refractivity contribution in [3.8, 4) is 0 Å². The molecule has 0 amide bonds. The molecule has 0 aromatic carbocycles. The molecule has 0 radical (unpaired) electrons. The van der Waals surface area contributed by atoms with Crippen LogP contribution in [0.25, 0.3) is 0 Å². The molecule has 0 unspecified atom stereocenters. The average molecular weight is 232 g/mol. The second-order valence-electron chi connectivity index (χ2n) is 5.11. The van der Waals surface area contributed by atoms with Gasteiger partial charge in [0.1, 0.15) is 0 Å². The monoisotopic (exact) mass is 232 g/mol. The number of aryl methyl sites for hydroxylation is 2. The Labute approximate surface area is 103 Å². The molecule has 4 heteroatoms. The van der Waals surface area contributed by atoms with E-state index in [9.17, 15) is 0 Å². The quantitative estimate of drug-likeness (QED) is 0.809. The van der Waals surface area contributed by atoms with Gasteiger partial charge in [0.15, 0.2) is 0 Å². The van der Waals surface area contributed by atoms with E-state index in [0.29, 0.717) is 5.95 Å². The van der Waals surface area contributed by atoms with E-state index in [2.05, 4.69) is 36.1 Å². The zero-order valence-corrected chi connectivity index (χ0v) is 11.3. The van der Waals surface area contributed by atoms with Crippen molar-refractivity contribution in [3.63, 3.8) is 0 Å². The lowest BCUT2D eigenvalue weighted by molar-refractivity contribution is 0.546. The van der Waals surface area contributed by atoms with Gasteiger partial charge in [0.25, 0.3) is 0 Å². The summed E-state index contributed by atoms with van der Waals surface area (Å²) in [5.74, 6) is 0.705. The summed E-state index contributed by atoms with van der Waals surface area (Å²) in [5, 5.41) is 3.02. The second kappa shape index (κ2) is 4.09. The van der Waals surface area contributed by atoms with Crippen LogP contribution in [0.5, 0.6) is 0 Å². The summed E-state index contributed by atoms with van der Waals surface area (Å²) in [4.78, 5) is 13.8. The van der Waals surface area contributed by atoms with Crippen LogP contribution in [-0.4, -0.2) is 22.7 Å². The fourth-order valence-electron chi connectivity index (χ4n) is 2.61. The number of hydrogen-bond acceptors (Lipinski definition) is 4. The maximum Gasteiger partial charge on any atom is 0.222 e. The molecular weight excluding hydrogens is 212 g/mol. The van der Waals surface area contributed by atoms with E-state index in [-0.39, 0.29) is 5.54 Å². The van der Waals surface area contributed by atoms with Crippen molar-refractivity contribution in [2.75, 3.05) is 12.4 Å². The minimum absolute atomic E-state index is 0.216. The summed E-state index contributed by atoms with van der Waals surface area (Å²) in [7, 11) is 1.85. The standard InChI is InChI=1S/C13H20N4/c1-8-6-7-10-11(13(3,4)17-8)9(2)15-12(14-5)16-10/h6-7H2,1-5H3,(H,14,15,16). The van der Waals surface area contributed by atoms with Gasteiger partial charge >= 0.3 is 0 Å². The largest absolute Gasteiger partial charge is 0.357 e. The van der Waals surface area contributed by atoms with Gasteiger partial charge in [-0.25, -0.2) is 9.97 Å². The second-order valence-corrected chi connectivity index (χ2v) is 5.11. The number of aliphatic imine (C=N–C) groups is 1. The van der Waals surface area contributed by atoms with Crippen molar-refractivity contribution >= 4 is 11.7 Å². The molecule has 0 fully saturated rings. The molecule has 2 rings (SSSR count). The molecule has 17 heavy (non-hydrogen) atoms. The smallest absolute Gasteiger partial charge is 0.222 e. The molecule has 2 heterocycles. The van der Waals surface area contributed by atoms with Crippen molar-refractivity contribution in [1.82, 2.24) is 9.97 Å². The Balaban J connectivity index is 2.63. The maximum atomic E-state index is 4.78. The molecule has 1 N–H and O–H groups in total. The number of aromatic nitrogens is 2. The summed E-state index contributed by atoms with van der Waals surface area (Å²) in [5.41, 5.74) is 4.33. The Morgan fingerprint density at radius 2 is 1.82 bits per heavy atom. The topological polar surface area (TPSA) is 50.2 Å². The van der Waals surface area contributed by atoms with E-state index in [4.69, 9.17) is 4.99 Å². The minimum atomic E-state index is -0.216. The van der Waals surface area contributed by atoms with Gasteiger partial charge in [-0.3, -0.25) is 4.99 Å². The zero-order chi connectivity index (χ0) is 12.6. The molecular formula is C13H20N4. The van der Waals surface area contributed by atoms with Crippen LogP contribution in [-0.2, 0) is 12.0 Å². The molecule has 1 aromatic heterocycles. The summed E-state index contributed by atoms with van der Waals surface area (Å²) >= 11 is 0. The molecule has 0 atom stereocenters. The molecule has 0 bridgehead atoms. The van der Waals surface area contributed by atoms with E-state index in [1.807, 2.05) is 14.0 Å². The Morgan fingerprint density at radius 3 is 2.47 bits per heavy atom. The molecule has 1 aliphatic rings. The van der Waals surface area contributed by atoms with Crippen LogP contribution < -0.4 is 5.32 Å². The van der Waals surface area contributed by atoms with Gasteiger partial charge in [-0.15, -0.1) is 0 Å². The van der Waals surface area contributed by atoms with Crippen LogP contribution in [0.3, 0.4) is 0 Å². The minimum Gasteiger partial charge on any atom is -0.357 e. The Bertz CT molecular complexity index is 475. The molecule has 0 saturated carbocycles. The lowest BCUT2D eigenvalue weighted by Crippen LogP contribution is -2.20. The first kappa shape index (κ1) is 12.0. The molecule has 1 aromatic rings. The number of hydrogen-bond donors (Lipinski definition) is 1. The summed E-state index contributed by atoms with van der Waals surface area (Å²) in [6.45, 7) is 8.40. The SMILES string of the molecule is CNc1nc(C)c2c(n1)CCC(C)=NC2(C)C. The highest BCUT2D eigenvalue weighted by Crippen LogP contribution is 2.33. The Morgan fingerprint density at radius 1 is 1.12 bits per heavy atom. The summed E-state index contributed by atoms with van der Waals surface area (Å²) < 4.78 is 0. The highest BCUT2D eigenvalue weighted by atomic mass is 15.1. The highest BCUT2D eigenvalue weighted by Gasteiger charge is 2.29. The van der Waals surface area contributed by atoms with Gasteiger partial charge in [0.2, 0.25) is 5.95 Å². The van der Waals surface area contributed by atoms with E-state index in [1.54, 1.807) is 0 Å². The number of nitrogens with one attached hydrogen (secondary N) is 1. The Hall–Kier alpha value is -1.45. The third-order valence-corrected chi connectivity index (χ3v) is 3.19. The van der Waals surface area contributed by atoms with E-state index in [1.165, 1.54) is 11.3 Å². The van der Waals surface area contributed by atoms with Gasteiger partial charge in [0, 0.05) is 24.0 Å². The first-order valence-corrected chi connectivity index (χ1v) is 6.05. The van der Waals surface area contributed by atoms with Crippen molar-refractivity contribution in [1.29, 1.82) is 0 Å². The number of anilines is 1. The Kier molecular flexibility index (Phi) is 2.89. The van der Waals surface area contributed by atoms with Crippen LogP contribution in [0.15, 0.2) is 4.99 Å². The van der Waals surface area contributed by atoms with Gasteiger partial charge in [-0.1, -0.05) is 0 Å². The van der Waals surface area contributed by atoms with E-state index in [0.717, 1.165) is 24.2 Å². The van der Waals surface area contributed by atoms with Gasteiger partial charge < -0.3 is 5.32 Å². The lowest BCUT2D eigenvalue weighted by Gasteiger charge is -2.23. The molecule has 0 spiro atoms. The van der Waals surface area contributed by atoms with Crippen LogP contribution >= 0.6 is 0 Å². The molecule has 0 aliphatic carbocycles. The van der Waals surface area contributed by atoms with Crippen LogP contribution in [0, 0.1) is 6.92 Å². The number of rotatable bonds is 1. The van der Waals surface area contributed by atoms with Gasteiger partial charge in [-0.2, -0.15) is 0 Å². The molecule has 4 nitrogen and oxygen atoms in total. The fourth-order valence-corrected chi connectivity index (χ4v) is 2.61. The number of fused-ring (bicyclic) bond motifs is 1. The number of nitrogens with zero attached hydrogens (tertiary/aromatic N) is 3. The predicted octanol–water partition coefficient (Wildman–Crippen LogP) is 2.47.